The quantitative estimate of drug-likeness (QED) is 0.934. The van der Waals surface area contributed by atoms with Gasteiger partial charge in [0.05, 0.1) is 11.3 Å². The molecule has 1 amide bonds. The van der Waals surface area contributed by atoms with Gasteiger partial charge in [-0.05, 0) is 39.7 Å². The molecule has 0 bridgehead atoms. The summed E-state index contributed by atoms with van der Waals surface area (Å²) in [5.74, 6) is 0.952. The molecule has 2 aromatic heterocycles. The minimum atomic E-state index is 0.0525. The molecule has 0 unspecified atom stereocenters. The highest BCUT2D eigenvalue weighted by atomic mass is 32.1. The van der Waals surface area contributed by atoms with Crippen LogP contribution in [-0.2, 0) is 19.5 Å². The Kier molecular flexibility index (Phi) is 4.55. The monoisotopic (exact) mass is 333 g/mol. The van der Waals surface area contributed by atoms with Gasteiger partial charge < -0.3 is 9.84 Å². The van der Waals surface area contributed by atoms with E-state index >= 15 is 0 Å². The average molecular weight is 333 g/mol. The fraction of sp³-hybridized carbons (Fsp3) is 0.529. The molecule has 0 saturated carbocycles. The number of carbonyl (C=O) groups excluding carboxylic acids is 1. The zero-order valence-corrected chi connectivity index (χ0v) is 14.9. The molecule has 0 aliphatic carbocycles. The number of hydrogen-bond donors (Lipinski definition) is 1. The number of nitrogens with one attached hydrogen (secondary N) is 1. The summed E-state index contributed by atoms with van der Waals surface area (Å²) in [4.78, 5) is 16.0. The van der Waals surface area contributed by atoms with Crippen LogP contribution in [0.1, 0.15) is 51.7 Å². The second-order valence-corrected chi connectivity index (χ2v) is 7.41. The molecule has 6 heteroatoms. The van der Waals surface area contributed by atoms with Crippen molar-refractivity contribution in [1.82, 2.24) is 15.4 Å². The van der Waals surface area contributed by atoms with Crippen molar-refractivity contribution < 1.29 is 9.32 Å². The molecule has 23 heavy (non-hydrogen) atoms. The molecule has 0 spiro atoms. The van der Waals surface area contributed by atoms with Gasteiger partial charge in [-0.15, -0.1) is 11.3 Å². The van der Waals surface area contributed by atoms with Crippen molar-refractivity contribution in [3.8, 4) is 0 Å². The fourth-order valence-electron chi connectivity index (χ4n) is 3.00. The van der Waals surface area contributed by atoms with Gasteiger partial charge in [0.15, 0.2) is 0 Å². The summed E-state index contributed by atoms with van der Waals surface area (Å²) in [6, 6.07) is 0.165. The summed E-state index contributed by atoms with van der Waals surface area (Å²) < 4.78 is 5.25. The Balaban J connectivity index is 1.73. The second-order valence-electron chi connectivity index (χ2n) is 6.44. The van der Waals surface area contributed by atoms with Crippen LogP contribution in [0, 0.1) is 13.8 Å². The SMILES string of the molecule is Cc1noc(C)c1CN1CCc2c(C(=O)NC(C)C)csc2C1. The van der Waals surface area contributed by atoms with E-state index in [1.807, 2.05) is 33.1 Å². The number of carbonyl (C=O) groups is 1. The summed E-state index contributed by atoms with van der Waals surface area (Å²) >= 11 is 1.69. The van der Waals surface area contributed by atoms with E-state index in [0.29, 0.717) is 0 Å². The predicted octanol–water partition coefficient (Wildman–Crippen LogP) is 3.05. The van der Waals surface area contributed by atoms with E-state index in [4.69, 9.17) is 4.52 Å². The first-order valence-electron chi connectivity index (χ1n) is 8.00. The number of rotatable bonds is 4. The van der Waals surface area contributed by atoms with Crippen molar-refractivity contribution in [1.29, 1.82) is 0 Å². The van der Waals surface area contributed by atoms with Crippen LogP contribution in [0.3, 0.4) is 0 Å². The lowest BCUT2D eigenvalue weighted by molar-refractivity contribution is 0.0942. The van der Waals surface area contributed by atoms with E-state index in [1.165, 1.54) is 16.0 Å². The maximum absolute atomic E-state index is 12.3. The van der Waals surface area contributed by atoms with E-state index in [2.05, 4.69) is 15.4 Å². The maximum atomic E-state index is 12.3. The van der Waals surface area contributed by atoms with Crippen LogP contribution in [0.15, 0.2) is 9.90 Å². The maximum Gasteiger partial charge on any atom is 0.252 e. The third-order valence-electron chi connectivity index (χ3n) is 4.25. The van der Waals surface area contributed by atoms with Crippen LogP contribution >= 0.6 is 11.3 Å². The molecule has 0 atom stereocenters. The molecule has 2 aromatic rings. The molecular weight excluding hydrogens is 310 g/mol. The second kappa shape index (κ2) is 6.45. The summed E-state index contributed by atoms with van der Waals surface area (Å²) in [5.41, 5.74) is 4.23. The molecule has 5 nitrogen and oxygen atoms in total. The zero-order chi connectivity index (χ0) is 16.6. The summed E-state index contributed by atoms with van der Waals surface area (Å²) in [6.07, 6.45) is 0.920. The van der Waals surface area contributed by atoms with Crippen molar-refractivity contribution in [2.75, 3.05) is 6.54 Å². The van der Waals surface area contributed by atoms with Crippen LogP contribution in [0.25, 0.3) is 0 Å². The Hall–Kier alpha value is -1.66. The van der Waals surface area contributed by atoms with Crippen LogP contribution < -0.4 is 5.32 Å². The number of fused-ring (bicyclic) bond motifs is 1. The lowest BCUT2D eigenvalue weighted by Crippen LogP contribution is -2.33. The molecule has 3 heterocycles. The van der Waals surface area contributed by atoms with Crippen LogP contribution in [0.5, 0.6) is 0 Å². The standard InChI is InChI=1S/C17H23N3O2S/c1-10(2)18-17(21)15-9-23-16-8-20(6-5-13(15)16)7-14-11(3)19-22-12(14)4/h9-10H,5-8H2,1-4H3,(H,18,21). The average Bonchev–Trinajstić information content (AvgIpc) is 3.04. The van der Waals surface area contributed by atoms with Gasteiger partial charge in [-0.1, -0.05) is 5.16 Å². The molecule has 0 aromatic carbocycles. The molecule has 3 rings (SSSR count). The number of nitrogens with zero attached hydrogens (tertiary/aromatic N) is 2. The third kappa shape index (κ3) is 3.33. The van der Waals surface area contributed by atoms with E-state index in [0.717, 1.165) is 43.1 Å². The fourth-order valence-corrected chi connectivity index (χ4v) is 4.12. The summed E-state index contributed by atoms with van der Waals surface area (Å²) in [5, 5.41) is 9.02. The van der Waals surface area contributed by atoms with Crippen LogP contribution in [0.4, 0.5) is 0 Å². The first kappa shape index (κ1) is 16.2. The highest BCUT2D eigenvalue weighted by molar-refractivity contribution is 7.10. The van der Waals surface area contributed by atoms with Crippen molar-refractivity contribution >= 4 is 17.2 Å². The number of aryl methyl sites for hydroxylation is 2. The Morgan fingerprint density at radius 1 is 1.48 bits per heavy atom. The Labute approximate surface area is 140 Å². The zero-order valence-electron chi connectivity index (χ0n) is 14.1. The van der Waals surface area contributed by atoms with Gasteiger partial charge in [0.2, 0.25) is 0 Å². The highest BCUT2D eigenvalue weighted by Gasteiger charge is 2.25. The molecule has 0 fully saturated rings. The smallest absolute Gasteiger partial charge is 0.252 e. The Morgan fingerprint density at radius 3 is 2.91 bits per heavy atom. The van der Waals surface area contributed by atoms with E-state index in [-0.39, 0.29) is 11.9 Å². The molecule has 1 aliphatic rings. The van der Waals surface area contributed by atoms with Crippen molar-refractivity contribution in [3.63, 3.8) is 0 Å². The third-order valence-corrected chi connectivity index (χ3v) is 5.27. The van der Waals surface area contributed by atoms with Gasteiger partial charge in [-0.2, -0.15) is 0 Å². The van der Waals surface area contributed by atoms with Gasteiger partial charge in [0.1, 0.15) is 5.76 Å². The first-order chi connectivity index (χ1) is 11.0. The molecule has 0 radical (unpaired) electrons. The molecule has 1 aliphatic heterocycles. The van der Waals surface area contributed by atoms with Gasteiger partial charge >= 0.3 is 0 Å². The highest BCUT2D eigenvalue weighted by Crippen LogP contribution is 2.30. The van der Waals surface area contributed by atoms with E-state index in [9.17, 15) is 4.79 Å². The van der Waals surface area contributed by atoms with Crippen LogP contribution in [-0.4, -0.2) is 28.6 Å². The van der Waals surface area contributed by atoms with E-state index < -0.39 is 0 Å². The number of amides is 1. The van der Waals surface area contributed by atoms with Gasteiger partial charge in [-0.25, -0.2) is 0 Å². The number of thiophene rings is 1. The first-order valence-corrected chi connectivity index (χ1v) is 8.88. The van der Waals surface area contributed by atoms with Crippen molar-refractivity contribution in [3.05, 3.63) is 38.4 Å². The van der Waals surface area contributed by atoms with Gasteiger partial charge in [-0.3, -0.25) is 9.69 Å². The largest absolute Gasteiger partial charge is 0.361 e. The lowest BCUT2D eigenvalue weighted by Gasteiger charge is -2.27. The normalized spacial score (nSPS) is 15.0. The number of aromatic nitrogens is 1. The summed E-state index contributed by atoms with van der Waals surface area (Å²) in [6.45, 7) is 10.6. The van der Waals surface area contributed by atoms with Crippen molar-refractivity contribution in [2.24, 2.45) is 0 Å². The Morgan fingerprint density at radius 2 is 2.26 bits per heavy atom. The van der Waals surface area contributed by atoms with Gasteiger partial charge in [0, 0.05) is 41.5 Å². The van der Waals surface area contributed by atoms with Crippen LogP contribution in [0.2, 0.25) is 0 Å². The minimum Gasteiger partial charge on any atom is -0.361 e. The number of hydrogen-bond acceptors (Lipinski definition) is 5. The van der Waals surface area contributed by atoms with Crippen molar-refractivity contribution in [2.45, 2.75) is 53.2 Å². The van der Waals surface area contributed by atoms with Gasteiger partial charge in [0.25, 0.3) is 5.91 Å². The van der Waals surface area contributed by atoms with E-state index in [1.54, 1.807) is 11.3 Å². The predicted molar refractivity (Wildman–Crippen MR) is 90.7 cm³/mol. The molecule has 1 N–H and O–H groups in total. The molecule has 0 saturated heterocycles. The molecular formula is C17H23N3O2S. The lowest BCUT2D eigenvalue weighted by atomic mass is 10.0. The summed E-state index contributed by atoms with van der Waals surface area (Å²) in [7, 11) is 0. The Bertz CT molecular complexity index is 698. The minimum absolute atomic E-state index is 0.0525. The molecule has 124 valence electrons. The topological polar surface area (TPSA) is 58.4 Å².